The summed E-state index contributed by atoms with van der Waals surface area (Å²) in [5.74, 6) is 0. The van der Waals surface area contributed by atoms with Crippen LogP contribution in [0.15, 0.2) is 22.7 Å². The average molecular weight is 322 g/mol. The smallest absolute Gasteiger partial charge is 0.0551 e. The molecule has 0 aliphatic rings. The number of nitrogens with two attached hydrogens (primary N) is 1. The first kappa shape index (κ1) is 14.9. The Bertz CT molecular complexity index is 362. The van der Waals surface area contributed by atoms with Gasteiger partial charge in [-0.3, -0.25) is 0 Å². The molecule has 0 bridgehead atoms. The molecule has 4 N–H and O–H groups in total. The summed E-state index contributed by atoms with van der Waals surface area (Å²) in [5.41, 5.74) is 6.82. The van der Waals surface area contributed by atoms with Gasteiger partial charge in [0, 0.05) is 29.7 Å². The van der Waals surface area contributed by atoms with Crippen LogP contribution in [0.1, 0.15) is 24.9 Å². The second-order valence-electron chi connectivity index (χ2n) is 4.04. The second-order valence-corrected chi connectivity index (χ2v) is 5.30. The van der Waals surface area contributed by atoms with Crippen LogP contribution in [0.3, 0.4) is 0 Å². The van der Waals surface area contributed by atoms with Crippen LogP contribution in [0, 0.1) is 0 Å². The van der Waals surface area contributed by atoms with Crippen molar-refractivity contribution in [1.82, 2.24) is 5.32 Å². The number of aliphatic hydroxyl groups excluding tert-OH is 1. The minimum Gasteiger partial charge on any atom is -0.396 e. The molecular weight excluding hydrogens is 304 g/mol. The summed E-state index contributed by atoms with van der Waals surface area (Å²) in [6, 6.07) is 6.09. The Labute approximate surface area is 115 Å². The van der Waals surface area contributed by atoms with Gasteiger partial charge in [0.1, 0.15) is 0 Å². The van der Waals surface area contributed by atoms with Gasteiger partial charge in [-0.25, -0.2) is 0 Å². The molecule has 96 valence electrons. The summed E-state index contributed by atoms with van der Waals surface area (Å²) in [7, 11) is 0. The van der Waals surface area contributed by atoms with Crippen molar-refractivity contribution in [3.05, 3.63) is 33.3 Å². The second kappa shape index (κ2) is 7.34. The number of hydrogen-bond donors (Lipinski definition) is 3. The Morgan fingerprint density at radius 2 is 2.24 bits per heavy atom. The van der Waals surface area contributed by atoms with Gasteiger partial charge in [-0.15, -0.1) is 0 Å². The maximum absolute atomic E-state index is 8.87. The molecule has 1 rings (SSSR count). The Balaban J connectivity index is 2.75. The number of aliphatic hydroxyl groups is 1. The van der Waals surface area contributed by atoms with E-state index in [-0.39, 0.29) is 18.7 Å². The summed E-state index contributed by atoms with van der Waals surface area (Å²) in [6.45, 7) is 2.69. The van der Waals surface area contributed by atoms with Gasteiger partial charge in [0.15, 0.2) is 0 Å². The van der Waals surface area contributed by atoms with E-state index in [0.717, 1.165) is 10.0 Å². The Kier molecular flexibility index (Phi) is 6.44. The highest BCUT2D eigenvalue weighted by Gasteiger charge is 2.13. The maximum Gasteiger partial charge on any atom is 0.0551 e. The third-order valence-corrected chi connectivity index (χ3v) is 3.86. The summed E-state index contributed by atoms with van der Waals surface area (Å²) in [4.78, 5) is 0. The third-order valence-electron chi connectivity index (χ3n) is 2.63. The van der Waals surface area contributed by atoms with Crippen LogP contribution in [0.25, 0.3) is 0 Å². The maximum atomic E-state index is 8.87. The van der Waals surface area contributed by atoms with Gasteiger partial charge in [0.05, 0.1) is 5.02 Å². The van der Waals surface area contributed by atoms with Crippen molar-refractivity contribution in [2.24, 2.45) is 5.73 Å². The molecule has 0 saturated heterocycles. The highest BCUT2D eigenvalue weighted by Crippen LogP contribution is 2.26. The van der Waals surface area contributed by atoms with Crippen LogP contribution in [0.4, 0.5) is 0 Å². The predicted octanol–water partition coefficient (Wildman–Crippen LogP) is 2.46. The quantitative estimate of drug-likeness (QED) is 0.754. The zero-order valence-electron chi connectivity index (χ0n) is 9.79. The summed E-state index contributed by atoms with van der Waals surface area (Å²) < 4.78 is 0.877. The molecular formula is C12H18BrClN2O. The minimum absolute atomic E-state index is 0.0575. The zero-order chi connectivity index (χ0) is 12.8. The lowest BCUT2D eigenvalue weighted by Gasteiger charge is -2.22. The monoisotopic (exact) mass is 320 g/mol. The van der Waals surface area contributed by atoms with Gasteiger partial charge in [-0.05, 0) is 47.0 Å². The lowest BCUT2D eigenvalue weighted by molar-refractivity contribution is 0.263. The molecule has 0 radical (unpaired) electrons. The summed E-state index contributed by atoms with van der Waals surface area (Å²) in [5, 5.41) is 12.9. The first-order valence-electron chi connectivity index (χ1n) is 5.60. The third kappa shape index (κ3) is 4.56. The molecule has 0 amide bonds. The molecule has 0 fully saturated rings. The molecule has 17 heavy (non-hydrogen) atoms. The van der Waals surface area contributed by atoms with Gasteiger partial charge in [0.25, 0.3) is 0 Å². The van der Waals surface area contributed by atoms with Gasteiger partial charge in [-0.1, -0.05) is 17.7 Å². The van der Waals surface area contributed by atoms with Crippen LogP contribution in [0.5, 0.6) is 0 Å². The van der Waals surface area contributed by atoms with Crippen LogP contribution < -0.4 is 11.1 Å². The number of halogens is 2. The number of benzene rings is 1. The van der Waals surface area contributed by atoms with Crippen molar-refractivity contribution in [3.63, 3.8) is 0 Å². The first-order valence-corrected chi connectivity index (χ1v) is 6.77. The van der Waals surface area contributed by atoms with Crippen LogP contribution in [0.2, 0.25) is 5.02 Å². The van der Waals surface area contributed by atoms with E-state index in [0.29, 0.717) is 18.0 Å². The van der Waals surface area contributed by atoms with Gasteiger partial charge >= 0.3 is 0 Å². The molecule has 0 heterocycles. The molecule has 0 saturated carbocycles. The van der Waals surface area contributed by atoms with Crippen molar-refractivity contribution in [2.75, 3.05) is 13.2 Å². The average Bonchev–Trinajstić information content (AvgIpc) is 2.30. The molecule has 2 unspecified atom stereocenters. The van der Waals surface area contributed by atoms with Crippen molar-refractivity contribution < 1.29 is 5.11 Å². The van der Waals surface area contributed by atoms with E-state index in [2.05, 4.69) is 21.2 Å². The Hall–Kier alpha value is -0.130. The van der Waals surface area contributed by atoms with Crippen molar-refractivity contribution in [1.29, 1.82) is 0 Å². The molecule has 5 heteroatoms. The van der Waals surface area contributed by atoms with E-state index in [1.165, 1.54) is 0 Å². The summed E-state index contributed by atoms with van der Waals surface area (Å²) in [6.07, 6.45) is 0.709. The highest BCUT2D eigenvalue weighted by atomic mass is 79.9. The molecule has 0 aliphatic heterocycles. The number of nitrogens with one attached hydrogen (secondary N) is 1. The molecule has 1 aromatic carbocycles. The fraction of sp³-hybridized carbons (Fsp3) is 0.500. The van der Waals surface area contributed by atoms with E-state index in [1.807, 2.05) is 25.1 Å². The predicted molar refractivity (Wildman–Crippen MR) is 75.2 cm³/mol. The molecule has 0 aliphatic carbocycles. The minimum atomic E-state index is 0.0575. The zero-order valence-corrected chi connectivity index (χ0v) is 12.1. The summed E-state index contributed by atoms with van der Waals surface area (Å²) >= 11 is 9.42. The van der Waals surface area contributed by atoms with Crippen LogP contribution in [-0.4, -0.2) is 24.3 Å². The molecule has 0 aromatic heterocycles. The topological polar surface area (TPSA) is 58.3 Å². The van der Waals surface area contributed by atoms with Gasteiger partial charge in [-0.2, -0.15) is 0 Å². The van der Waals surface area contributed by atoms with E-state index < -0.39 is 0 Å². The van der Waals surface area contributed by atoms with E-state index in [9.17, 15) is 0 Å². The fourth-order valence-electron chi connectivity index (χ4n) is 1.65. The first-order chi connectivity index (χ1) is 8.08. The van der Waals surface area contributed by atoms with Crippen molar-refractivity contribution in [3.8, 4) is 0 Å². The molecule has 0 spiro atoms. The van der Waals surface area contributed by atoms with Crippen LogP contribution in [-0.2, 0) is 0 Å². The number of hydrogen-bond acceptors (Lipinski definition) is 3. The fourth-order valence-corrected chi connectivity index (χ4v) is 2.09. The molecule has 3 nitrogen and oxygen atoms in total. The van der Waals surface area contributed by atoms with Crippen molar-refractivity contribution >= 4 is 27.5 Å². The largest absolute Gasteiger partial charge is 0.396 e. The van der Waals surface area contributed by atoms with E-state index in [1.54, 1.807) is 0 Å². The molecule has 2 atom stereocenters. The Morgan fingerprint density at radius 3 is 2.76 bits per heavy atom. The Morgan fingerprint density at radius 1 is 1.53 bits per heavy atom. The number of rotatable bonds is 6. The van der Waals surface area contributed by atoms with Gasteiger partial charge < -0.3 is 16.2 Å². The highest BCUT2D eigenvalue weighted by molar-refractivity contribution is 9.10. The standard InChI is InChI=1S/C12H18BrClN2O/c1-8(4-5-17)16-12(7-15)9-2-3-10(13)11(14)6-9/h2-3,6,8,12,16-17H,4-5,7,15H2,1H3. The van der Waals surface area contributed by atoms with E-state index >= 15 is 0 Å². The van der Waals surface area contributed by atoms with E-state index in [4.69, 9.17) is 22.4 Å². The molecule has 1 aromatic rings. The SMILES string of the molecule is CC(CCO)NC(CN)c1ccc(Br)c(Cl)c1. The lowest BCUT2D eigenvalue weighted by Crippen LogP contribution is -2.35. The lowest BCUT2D eigenvalue weighted by atomic mass is 10.1. The normalized spacial score (nSPS) is 14.6. The van der Waals surface area contributed by atoms with Crippen LogP contribution >= 0.6 is 27.5 Å². The van der Waals surface area contributed by atoms with Crippen molar-refractivity contribution in [2.45, 2.75) is 25.4 Å². The van der Waals surface area contributed by atoms with Gasteiger partial charge in [0.2, 0.25) is 0 Å².